The third-order valence-electron chi connectivity index (χ3n) is 4.64. The van der Waals surface area contributed by atoms with Gasteiger partial charge in [-0.25, -0.2) is 0 Å². The van der Waals surface area contributed by atoms with E-state index < -0.39 is 0 Å². The second-order valence-electron chi connectivity index (χ2n) is 6.70. The maximum absolute atomic E-state index is 11.6. The third-order valence-corrected chi connectivity index (χ3v) is 4.93. The van der Waals surface area contributed by atoms with Crippen molar-refractivity contribution >= 4 is 28.5 Å². The van der Waals surface area contributed by atoms with Crippen LogP contribution in [0.15, 0.2) is 47.1 Å². The van der Waals surface area contributed by atoms with Crippen LogP contribution in [0.2, 0.25) is 5.02 Å². The van der Waals surface area contributed by atoms with E-state index in [0.717, 1.165) is 16.5 Å². The maximum atomic E-state index is 11.6. The Kier molecular flexibility index (Phi) is 6.18. The molecule has 0 bridgehead atoms. The third kappa shape index (κ3) is 4.54. The summed E-state index contributed by atoms with van der Waals surface area (Å²) in [7, 11) is 0. The zero-order valence-electron chi connectivity index (χ0n) is 17.2. The minimum Gasteiger partial charge on any atom is -0.492 e. The van der Waals surface area contributed by atoms with E-state index in [1.165, 1.54) is 0 Å². The highest BCUT2D eigenvalue weighted by Gasteiger charge is 2.14. The molecule has 0 saturated heterocycles. The van der Waals surface area contributed by atoms with Crippen LogP contribution in [-0.2, 0) is 16.1 Å². The molecule has 0 N–H and O–H groups in total. The molecule has 2 aromatic heterocycles. The highest BCUT2D eigenvalue weighted by atomic mass is 35.5. The number of ether oxygens (including phenoxy) is 2. The van der Waals surface area contributed by atoms with Crippen molar-refractivity contribution in [2.75, 3.05) is 13.2 Å². The highest BCUT2D eigenvalue weighted by Crippen LogP contribution is 2.31. The maximum Gasteiger partial charge on any atom is 0.307 e. The number of carbonyl (C=O) groups excluding carboxylic acids is 1. The van der Waals surface area contributed by atoms with Crippen LogP contribution in [0.3, 0.4) is 0 Å². The number of benzene rings is 2. The normalized spacial score (nSPS) is 11.1. The number of aromatic nitrogens is 4. The van der Waals surface area contributed by atoms with E-state index in [2.05, 4.69) is 15.2 Å². The van der Waals surface area contributed by atoms with Crippen LogP contribution in [0.5, 0.6) is 5.75 Å². The number of aryl methyl sites for hydroxylation is 1. The lowest BCUT2D eigenvalue weighted by atomic mass is 10.1. The first-order valence-corrected chi connectivity index (χ1v) is 10.3. The molecule has 0 aliphatic heterocycles. The molecule has 0 unspecified atom stereocenters. The molecular formula is C22H21ClN4O4. The average molecular weight is 441 g/mol. The van der Waals surface area contributed by atoms with Crippen molar-refractivity contribution in [1.29, 1.82) is 0 Å². The SMILES string of the molecule is CCOC(=O)CCn1ncc2cc(-c3noc(-c4ccc(OCC)c(Cl)c4)n3)ccc21. The van der Waals surface area contributed by atoms with Gasteiger partial charge in [-0.2, -0.15) is 10.1 Å². The molecule has 31 heavy (non-hydrogen) atoms. The van der Waals surface area contributed by atoms with Gasteiger partial charge in [0.1, 0.15) is 5.75 Å². The first-order chi connectivity index (χ1) is 15.1. The lowest BCUT2D eigenvalue weighted by Crippen LogP contribution is -2.09. The topological polar surface area (TPSA) is 92.3 Å². The number of nitrogens with zero attached hydrogens (tertiary/aromatic N) is 4. The van der Waals surface area contributed by atoms with Gasteiger partial charge in [-0.1, -0.05) is 16.8 Å². The van der Waals surface area contributed by atoms with Gasteiger partial charge in [-0.3, -0.25) is 9.48 Å². The molecule has 2 aromatic carbocycles. The Morgan fingerprint density at radius 2 is 1.97 bits per heavy atom. The Balaban J connectivity index is 1.54. The Labute approximate surface area is 183 Å². The van der Waals surface area contributed by atoms with Gasteiger partial charge in [0.25, 0.3) is 5.89 Å². The van der Waals surface area contributed by atoms with Crippen molar-refractivity contribution in [3.63, 3.8) is 0 Å². The van der Waals surface area contributed by atoms with Crippen molar-refractivity contribution < 1.29 is 18.8 Å². The number of rotatable bonds is 8. The smallest absolute Gasteiger partial charge is 0.307 e. The molecule has 0 fully saturated rings. The molecular weight excluding hydrogens is 420 g/mol. The summed E-state index contributed by atoms with van der Waals surface area (Å²) in [6.45, 7) is 5.04. The fraction of sp³-hybridized carbons (Fsp3) is 0.273. The highest BCUT2D eigenvalue weighted by molar-refractivity contribution is 6.32. The summed E-state index contributed by atoms with van der Waals surface area (Å²) in [6, 6.07) is 11.1. The first-order valence-electron chi connectivity index (χ1n) is 9.97. The van der Waals surface area contributed by atoms with Crippen molar-refractivity contribution in [3.05, 3.63) is 47.6 Å². The van der Waals surface area contributed by atoms with Crippen LogP contribution in [0.4, 0.5) is 0 Å². The van der Waals surface area contributed by atoms with Crippen molar-refractivity contribution in [3.8, 4) is 28.6 Å². The van der Waals surface area contributed by atoms with Gasteiger partial charge in [-0.05, 0) is 50.2 Å². The van der Waals surface area contributed by atoms with Gasteiger partial charge >= 0.3 is 5.97 Å². The molecule has 2 heterocycles. The van der Waals surface area contributed by atoms with E-state index in [0.29, 0.717) is 47.8 Å². The zero-order valence-corrected chi connectivity index (χ0v) is 17.9. The molecule has 4 rings (SSSR count). The largest absolute Gasteiger partial charge is 0.492 e. The van der Waals surface area contributed by atoms with Gasteiger partial charge in [0.2, 0.25) is 5.82 Å². The van der Waals surface area contributed by atoms with E-state index in [1.54, 1.807) is 29.9 Å². The quantitative estimate of drug-likeness (QED) is 0.365. The van der Waals surface area contributed by atoms with Gasteiger partial charge in [0.05, 0.1) is 42.9 Å². The van der Waals surface area contributed by atoms with Crippen LogP contribution < -0.4 is 4.74 Å². The first kappa shape index (κ1) is 20.9. The summed E-state index contributed by atoms with van der Waals surface area (Å²) in [6.07, 6.45) is 2.02. The van der Waals surface area contributed by atoms with Crippen LogP contribution in [0, 0.1) is 0 Å². The van der Waals surface area contributed by atoms with Crippen molar-refractivity contribution in [2.24, 2.45) is 0 Å². The Bertz CT molecular complexity index is 1220. The summed E-state index contributed by atoms with van der Waals surface area (Å²) in [5.41, 5.74) is 2.42. The number of carbonyl (C=O) groups is 1. The predicted molar refractivity (Wildman–Crippen MR) is 116 cm³/mol. The van der Waals surface area contributed by atoms with Crippen LogP contribution in [-0.4, -0.2) is 39.1 Å². The molecule has 0 aliphatic carbocycles. The molecule has 0 atom stereocenters. The van der Waals surface area contributed by atoms with Crippen LogP contribution in [0.1, 0.15) is 20.3 Å². The summed E-state index contributed by atoms with van der Waals surface area (Å²) >= 11 is 6.26. The fourth-order valence-corrected chi connectivity index (χ4v) is 3.43. The Morgan fingerprint density at radius 1 is 1.13 bits per heavy atom. The summed E-state index contributed by atoms with van der Waals surface area (Å²) in [5.74, 6) is 1.20. The summed E-state index contributed by atoms with van der Waals surface area (Å²) in [5, 5.41) is 9.86. The second kappa shape index (κ2) is 9.18. The monoisotopic (exact) mass is 440 g/mol. The number of fused-ring (bicyclic) bond motifs is 1. The van der Waals surface area contributed by atoms with E-state index in [9.17, 15) is 4.79 Å². The average Bonchev–Trinajstić information content (AvgIpc) is 3.41. The predicted octanol–water partition coefficient (Wildman–Crippen LogP) is 4.76. The lowest BCUT2D eigenvalue weighted by molar-refractivity contribution is -0.143. The van der Waals surface area contributed by atoms with E-state index in [1.807, 2.05) is 31.2 Å². The minimum atomic E-state index is -0.239. The van der Waals surface area contributed by atoms with Crippen molar-refractivity contribution in [1.82, 2.24) is 19.9 Å². The van der Waals surface area contributed by atoms with Gasteiger partial charge in [-0.15, -0.1) is 0 Å². The number of hydrogen-bond donors (Lipinski definition) is 0. The molecule has 0 amide bonds. The molecule has 0 aliphatic rings. The van der Waals surface area contributed by atoms with E-state index in [-0.39, 0.29) is 12.4 Å². The standard InChI is InChI=1S/C22H21ClN4O4/c1-3-29-19-8-6-15(12-17(19)23)22-25-21(26-31-22)14-5-7-18-16(11-14)13-24-27(18)10-9-20(28)30-4-2/h5-8,11-13H,3-4,9-10H2,1-2H3. The molecule has 0 saturated carbocycles. The van der Waals surface area contributed by atoms with Gasteiger partial charge in [0.15, 0.2) is 0 Å². The molecule has 4 aromatic rings. The van der Waals surface area contributed by atoms with Crippen LogP contribution >= 0.6 is 11.6 Å². The minimum absolute atomic E-state index is 0.239. The number of hydrogen-bond acceptors (Lipinski definition) is 7. The van der Waals surface area contributed by atoms with E-state index in [4.69, 9.17) is 25.6 Å². The molecule has 160 valence electrons. The number of esters is 1. The molecule has 9 heteroatoms. The van der Waals surface area contributed by atoms with Gasteiger partial charge in [0, 0.05) is 16.5 Å². The van der Waals surface area contributed by atoms with Gasteiger partial charge < -0.3 is 14.0 Å². The summed E-state index contributed by atoms with van der Waals surface area (Å²) < 4.78 is 17.6. The summed E-state index contributed by atoms with van der Waals surface area (Å²) in [4.78, 5) is 16.1. The molecule has 0 radical (unpaired) electrons. The molecule has 8 nitrogen and oxygen atoms in total. The molecule has 0 spiro atoms. The van der Waals surface area contributed by atoms with Crippen molar-refractivity contribution in [2.45, 2.75) is 26.8 Å². The number of halogens is 1. The zero-order chi connectivity index (χ0) is 21.8. The fourth-order valence-electron chi connectivity index (χ4n) is 3.20. The Morgan fingerprint density at radius 3 is 2.74 bits per heavy atom. The lowest BCUT2D eigenvalue weighted by Gasteiger charge is -2.05. The van der Waals surface area contributed by atoms with Crippen LogP contribution in [0.25, 0.3) is 33.7 Å². The Hall–Kier alpha value is -3.39. The second-order valence-corrected chi connectivity index (χ2v) is 7.10. The van der Waals surface area contributed by atoms with E-state index >= 15 is 0 Å².